The van der Waals surface area contributed by atoms with Crippen molar-refractivity contribution >= 4 is 17.1 Å². The normalized spacial score (nSPS) is 15.0. The molecule has 0 aromatic heterocycles. The van der Waals surface area contributed by atoms with Crippen LogP contribution in [0.1, 0.15) is 87.5 Å². The van der Waals surface area contributed by atoms with Gasteiger partial charge in [0.15, 0.2) is 0 Å². The topological polar surface area (TPSA) is 78.1 Å². The Balaban J connectivity index is 2.12. The number of anilines is 3. The molecule has 0 spiro atoms. The van der Waals surface area contributed by atoms with Gasteiger partial charge in [-0.15, -0.1) is 0 Å². The molecule has 0 amide bonds. The van der Waals surface area contributed by atoms with Gasteiger partial charge in [0, 0.05) is 28.9 Å². The molecule has 4 unspecified atom stereocenters. The summed E-state index contributed by atoms with van der Waals surface area (Å²) in [7, 11) is 0. The molecule has 0 saturated heterocycles. The molecule has 6 N–H and O–H groups in total. The Bertz CT molecular complexity index is 1010. The summed E-state index contributed by atoms with van der Waals surface area (Å²) < 4.78 is 0. The lowest BCUT2D eigenvalue weighted by molar-refractivity contribution is 0.461. The third-order valence-electron chi connectivity index (χ3n) is 7.02. The maximum atomic E-state index is 6.64. The lowest BCUT2D eigenvalue weighted by Crippen LogP contribution is -2.16. The van der Waals surface area contributed by atoms with Gasteiger partial charge in [-0.2, -0.15) is 0 Å². The molecule has 0 aliphatic carbocycles. The number of rotatable bonds is 10. The number of hydrogen-bond donors (Lipinski definition) is 3. The maximum absolute atomic E-state index is 6.64. The van der Waals surface area contributed by atoms with E-state index in [1.807, 2.05) is 24.3 Å². The van der Waals surface area contributed by atoms with Crippen LogP contribution in [0.5, 0.6) is 0 Å². The van der Waals surface area contributed by atoms with E-state index in [4.69, 9.17) is 17.2 Å². The highest BCUT2D eigenvalue weighted by molar-refractivity contribution is 5.56. The summed E-state index contributed by atoms with van der Waals surface area (Å²) in [5.41, 5.74) is 26.2. The molecule has 0 bridgehead atoms. The molecule has 0 radical (unpaired) electrons. The van der Waals surface area contributed by atoms with Crippen molar-refractivity contribution in [2.24, 2.45) is 11.8 Å². The van der Waals surface area contributed by atoms with Crippen LogP contribution in [0.15, 0.2) is 66.7 Å². The Morgan fingerprint density at radius 1 is 0.576 bits per heavy atom. The van der Waals surface area contributed by atoms with Crippen LogP contribution in [0.25, 0.3) is 0 Å². The smallest absolute Gasteiger partial charge is 0.0353 e. The highest BCUT2D eigenvalue weighted by Gasteiger charge is 2.26. The van der Waals surface area contributed by atoms with Gasteiger partial charge in [-0.3, -0.25) is 0 Å². The second kappa shape index (κ2) is 11.3. The molecule has 176 valence electrons. The minimum absolute atomic E-state index is 0.235. The van der Waals surface area contributed by atoms with E-state index in [2.05, 4.69) is 70.2 Å². The number of benzene rings is 3. The molecule has 0 heterocycles. The van der Waals surface area contributed by atoms with E-state index >= 15 is 0 Å². The van der Waals surface area contributed by atoms with Crippen molar-refractivity contribution in [1.29, 1.82) is 0 Å². The van der Waals surface area contributed by atoms with Crippen molar-refractivity contribution in [3.8, 4) is 0 Å². The lowest BCUT2D eigenvalue weighted by Gasteiger charge is -2.30. The van der Waals surface area contributed by atoms with Crippen LogP contribution in [0.3, 0.4) is 0 Å². The van der Waals surface area contributed by atoms with Gasteiger partial charge in [0.25, 0.3) is 0 Å². The average molecular weight is 444 g/mol. The quantitative estimate of drug-likeness (QED) is 0.283. The second-order valence-electron chi connectivity index (χ2n) is 9.71. The van der Waals surface area contributed by atoms with Gasteiger partial charge in [0.05, 0.1) is 0 Å². The molecule has 4 atom stereocenters. The average Bonchev–Trinajstić information content (AvgIpc) is 2.79. The third-order valence-corrected chi connectivity index (χ3v) is 7.02. The fourth-order valence-electron chi connectivity index (χ4n) is 5.37. The molecular weight excluding hydrogens is 402 g/mol. The number of nitrogens with two attached hydrogens (primary N) is 3. The van der Waals surface area contributed by atoms with Gasteiger partial charge in [0.2, 0.25) is 0 Å². The van der Waals surface area contributed by atoms with E-state index in [9.17, 15) is 0 Å². The summed E-state index contributed by atoms with van der Waals surface area (Å²) in [4.78, 5) is 0. The first kappa shape index (κ1) is 24.7. The van der Waals surface area contributed by atoms with Gasteiger partial charge in [-0.05, 0) is 64.4 Å². The number of hydrogen-bond acceptors (Lipinski definition) is 3. The molecule has 0 saturated carbocycles. The highest BCUT2D eigenvalue weighted by atomic mass is 14.6. The second-order valence-corrected chi connectivity index (χ2v) is 9.71. The molecule has 3 aromatic rings. The van der Waals surface area contributed by atoms with Crippen LogP contribution in [0, 0.1) is 11.8 Å². The van der Waals surface area contributed by atoms with Crippen molar-refractivity contribution in [1.82, 2.24) is 0 Å². The van der Waals surface area contributed by atoms with Gasteiger partial charge in [-0.1, -0.05) is 89.8 Å². The van der Waals surface area contributed by atoms with Crippen LogP contribution in [0.2, 0.25) is 0 Å². The molecule has 3 heteroatoms. The van der Waals surface area contributed by atoms with Crippen molar-refractivity contribution in [2.75, 3.05) is 17.2 Å². The van der Waals surface area contributed by atoms with E-state index in [0.29, 0.717) is 17.8 Å². The summed E-state index contributed by atoms with van der Waals surface area (Å²) in [5, 5.41) is 0. The summed E-state index contributed by atoms with van der Waals surface area (Å²) in [6.07, 6.45) is 4.62. The van der Waals surface area contributed by atoms with Crippen molar-refractivity contribution in [2.45, 2.75) is 65.2 Å². The summed E-state index contributed by atoms with van der Waals surface area (Å²) in [6.45, 7) is 9.21. The highest BCUT2D eigenvalue weighted by Crippen LogP contribution is 2.41. The Labute approximate surface area is 200 Å². The summed E-state index contributed by atoms with van der Waals surface area (Å²) in [6, 6.07) is 23.4. The zero-order valence-electron chi connectivity index (χ0n) is 20.7. The van der Waals surface area contributed by atoms with E-state index in [1.54, 1.807) is 0 Å². The first-order valence-electron chi connectivity index (χ1n) is 12.5. The van der Waals surface area contributed by atoms with E-state index < -0.39 is 0 Å². The van der Waals surface area contributed by atoms with Crippen LogP contribution >= 0.6 is 0 Å². The third kappa shape index (κ3) is 5.90. The van der Waals surface area contributed by atoms with E-state index in [0.717, 1.165) is 36.3 Å². The monoisotopic (exact) mass is 443 g/mol. The van der Waals surface area contributed by atoms with Crippen molar-refractivity contribution < 1.29 is 0 Å². The molecule has 0 aliphatic rings. The fraction of sp³-hybridized carbons (Fsp3) is 0.400. The fourth-order valence-corrected chi connectivity index (χ4v) is 5.37. The molecule has 0 fully saturated rings. The summed E-state index contributed by atoms with van der Waals surface area (Å²) in [5.74, 6) is 1.52. The van der Waals surface area contributed by atoms with Crippen molar-refractivity contribution in [3.63, 3.8) is 0 Å². The zero-order valence-corrected chi connectivity index (χ0v) is 20.7. The predicted molar refractivity (Wildman–Crippen MR) is 144 cm³/mol. The molecule has 3 rings (SSSR count). The molecule has 0 aliphatic heterocycles. The Morgan fingerprint density at radius 3 is 1.48 bits per heavy atom. The zero-order chi connectivity index (χ0) is 24.0. The number of nitrogen functional groups attached to an aromatic ring is 3. The minimum atomic E-state index is 0.235. The Morgan fingerprint density at radius 2 is 1.00 bits per heavy atom. The molecule has 3 aromatic carbocycles. The van der Waals surface area contributed by atoms with Crippen molar-refractivity contribution in [3.05, 3.63) is 89.0 Å². The van der Waals surface area contributed by atoms with Gasteiger partial charge >= 0.3 is 0 Å². The molecular formula is C30H41N3. The first-order valence-corrected chi connectivity index (χ1v) is 12.5. The van der Waals surface area contributed by atoms with E-state index in [1.165, 1.54) is 28.7 Å². The Hall–Kier alpha value is -2.94. The predicted octanol–water partition coefficient (Wildman–Crippen LogP) is 7.57. The molecule has 33 heavy (non-hydrogen) atoms. The summed E-state index contributed by atoms with van der Waals surface area (Å²) >= 11 is 0. The Kier molecular flexibility index (Phi) is 8.43. The maximum Gasteiger partial charge on any atom is 0.0353 e. The van der Waals surface area contributed by atoms with E-state index in [-0.39, 0.29) is 5.92 Å². The lowest BCUT2D eigenvalue weighted by atomic mass is 9.75. The van der Waals surface area contributed by atoms with Crippen LogP contribution in [0.4, 0.5) is 17.1 Å². The standard InChI is InChI=1S/C30H41N3/c1-5-7-20(3)29(22-9-14-25(31)15-10-22)24-13-18-28(33)27(19-24)30(21(4)8-6-2)23-11-16-26(32)17-12-23/h9-21,29-30H,5-8,31-33H2,1-4H3. The van der Waals surface area contributed by atoms with Gasteiger partial charge in [-0.25, -0.2) is 0 Å². The van der Waals surface area contributed by atoms with Crippen LogP contribution < -0.4 is 17.2 Å². The van der Waals surface area contributed by atoms with Gasteiger partial charge in [0.1, 0.15) is 0 Å². The first-order chi connectivity index (χ1) is 15.8. The minimum Gasteiger partial charge on any atom is -0.399 e. The molecule has 3 nitrogen and oxygen atoms in total. The van der Waals surface area contributed by atoms with Crippen LogP contribution in [-0.2, 0) is 0 Å². The largest absolute Gasteiger partial charge is 0.399 e. The SMILES string of the molecule is CCCC(C)C(c1ccc(N)cc1)c1ccc(N)c(C(c2ccc(N)cc2)C(C)CCC)c1. The van der Waals surface area contributed by atoms with Gasteiger partial charge < -0.3 is 17.2 Å². The van der Waals surface area contributed by atoms with Crippen LogP contribution in [-0.4, -0.2) is 0 Å².